The number of esters is 3. The van der Waals surface area contributed by atoms with E-state index in [0.29, 0.717) is 19.3 Å². The Kier molecular flexibility index (Phi) is 47.4. The minimum absolute atomic E-state index is 0.0530. The van der Waals surface area contributed by atoms with E-state index in [-0.39, 0.29) is 25.9 Å². The van der Waals surface area contributed by atoms with E-state index in [1.807, 2.05) is 0 Å². The third-order valence-electron chi connectivity index (χ3n) is 13.5. The molecule has 432 valence electrons. The zero-order valence-corrected chi connectivity index (χ0v) is 47.5. The van der Waals surface area contributed by atoms with Crippen LogP contribution in [0.3, 0.4) is 0 Å². The van der Waals surface area contributed by atoms with Gasteiger partial charge in [-0.1, -0.05) is 204 Å². The average molecular weight is 1060 g/mol. The molecule has 0 aromatic rings. The molecule has 1 fully saturated rings. The number of carbonyl (C=O) groups is 4. The van der Waals surface area contributed by atoms with Crippen LogP contribution in [0.15, 0.2) is 60.8 Å². The highest BCUT2D eigenvalue weighted by Gasteiger charge is 2.50. The van der Waals surface area contributed by atoms with Crippen LogP contribution in [0.25, 0.3) is 0 Å². The molecule has 1 aliphatic rings. The SMILES string of the molecule is CC/C=C\C/C=C\C/C=C\CCCCCCCC(=O)OCC(COC1OC(C(=O)O)C(O)C(O)C1OC(=O)CCCCCCCCC/C=C\CCCCCCCC)OC(=O)CCCCCCC/C=C\CCCCCC. The zero-order valence-electron chi connectivity index (χ0n) is 47.5. The van der Waals surface area contributed by atoms with Crippen LogP contribution in [0.4, 0.5) is 0 Å². The summed E-state index contributed by atoms with van der Waals surface area (Å²) in [5.41, 5.74) is 0. The number of ether oxygens (including phenoxy) is 5. The molecule has 0 bridgehead atoms. The van der Waals surface area contributed by atoms with Crippen LogP contribution in [0.5, 0.6) is 0 Å². The molecular weight excluding hydrogens is 949 g/mol. The maximum atomic E-state index is 13.1. The summed E-state index contributed by atoms with van der Waals surface area (Å²) in [6.45, 7) is 5.85. The normalized spacial score (nSPS) is 18.5. The van der Waals surface area contributed by atoms with Crippen LogP contribution >= 0.6 is 0 Å². The van der Waals surface area contributed by atoms with Gasteiger partial charge in [-0.05, 0) is 103 Å². The highest BCUT2D eigenvalue weighted by molar-refractivity contribution is 5.74. The molecule has 6 unspecified atom stereocenters. The Balaban J connectivity index is 2.69. The average Bonchev–Trinajstić information content (AvgIpc) is 3.39. The quantitative estimate of drug-likeness (QED) is 0.0228. The zero-order chi connectivity index (χ0) is 54.7. The Morgan fingerprint density at radius 2 is 0.840 bits per heavy atom. The second-order valence-electron chi connectivity index (χ2n) is 20.6. The van der Waals surface area contributed by atoms with Crippen LogP contribution in [-0.2, 0) is 42.9 Å². The Bertz CT molecular complexity index is 1540. The standard InChI is InChI=1S/C63H108O12/c1-4-7-10-13-16-19-22-25-27-28-30-33-36-39-42-45-48-51-57(66)74-61-59(68)58(67)60(62(69)70)75-63(61)72-53-54(73-56(65)50-47-44-41-38-35-31-24-21-18-15-12-9-6-3)52-71-55(64)49-46-43-40-37-34-32-29-26-23-20-17-14-11-8-5-2/h8,11,17,20-21,24-27,29,54,58-61,63,67-68H,4-7,9-10,12-16,18-19,22-23,28,30-53H2,1-3H3,(H,69,70)/b11-8-,20-17-,24-21-,27-25-,29-26-. The summed E-state index contributed by atoms with van der Waals surface area (Å²) in [7, 11) is 0. The number of hydrogen-bond donors (Lipinski definition) is 3. The molecule has 0 spiro atoms. The van der Waals surface area contributed by atoms with Gasteiger partial charge < -0.3 is 39.0 Å². The third-order valence-corrected chi connectivity index (χ3v) is 13.5. The molecule has 1 saturated heterocycles. The first-order valence-corrected chi connectivity index (χ1v) is 30.3. The van der Waals surface area contributed by atoms with Gasteiger partial charge in [0.15, 0.2) is 24.6 Å². The van der Waals surface area contributed by atoms with Crippen molar-refractivity contribution in [1.82, 2.24) is 0 Å². The van der Waals surface area contributed by atoms with Gasteiger partial charge in [-0.2, -0.15) is 0 Å². The van der Waals surface area contributed by atoms with Crippen molar-refractivity contribution in [1.29, 1.82) is 0 Å². The lowest BCUT2D eigenvalue weighted by Gasteiger charge is -2.40. The summed E-state index contributed by atoms with van der Waals surface area (Å²) in [6, 6.07) is 0. The Morgan fingerprint density at radius 1 is 0.453 bits per heavy atom. The van der Waals surface area contributed by atoms with E-state index in [2.05, 4.69) is 81.5 Å². The molecule has 0 aromatic carbocycles. The molecule has 0 amide bonds. The minimum atomic E-state index is -1.91. The van der Waals surface area contributed by atoms with Crippen molar-refractivity contribution >= 4 is 23.9 Å². The molecule has 0 radical (unpaired) electrons. The van der Waals surface area contributed by atoms with Gasteiger partial charge in [0.1, 0.15) is 18.8 Å². The number of allylic oxidation sites excluding steroid dienone is 10. The first kappa shape index (κ1) is 69.4. The molecule has 1 heterocycles. The first-order valence-electron chi connectivity index (χ1n) is 30.3. The molecule has 3 N–H and O–H groups in total. The Morgan fingerprint density at radius 3 is 1.31 bits per heavy atom. The number of carbonyl (C=O) groups excluding carboxylic acids is 3. The smallest absolute Gasteiger partial charge is 0.335 e. The summed E-state index contributed by atoms with van der Waals surface area (Å²) in [5, 5.41) is 31.5. The predicted octanol–water partition coefficient (Wildman–Crippen LogP) is 15.6. The summed E-state index contributed by atoms with van der Waals surface area (Å²) < 4.78 is 28.4. The summed E-state index contributed by atoms with van der Waals surface area (Å²) >= 11 is 0. The van der Waals surface area contributed by atoms with Crippen LogP contribution in [0.2, 0.25) is 0 Å². The van der Waals surface area contributed by atoms with Gasteiger partial charge in [-0.15, -0.1) is 0 Å². The first-order chi connectivity index (χ1) is 36.6. The Hall–Kier alpha value is -3.58. The van der Waals surface area contributed by atoms with Crippen molar-refractivity contribution in [2.45, 2.75) is 302 Å². The van der Waals surface area contributed by atoms with Crippen LogP contribution in [0, 0.1) is 0 Å². The van der Waals surface area contributed by atoms with Crippen LogP contribution in [-0.4, -0.2) is 89.2 Å². The van der Waals surface area contributed by atoms with E-state index >= 15 is 0 Å². The second-order valence-corrected chi connectivity index (χ2v) is 20.6. The van der Waals surface area contributed by atoms with Gasteiger partial charge in [0.05, 0.1) is 6.61 Å². The number of carboxylic acid groups (broad SMARTS) is 1. The monoisotopic (exact) mass is 1060 g/mol. The van der Waals surface area contributed by atoms with E-state index < -0.39 is 67.3 Å². The number of aliphatic hydroxyl groups is 2. The number of aliphatic carboxylic acids is 1. The molecule has 75 heavy (non-hydrogen) atoms. The molecule has 0 aliphatic carbocycles. The number of hydrogen-bond acceptors (Lipinski definition) is 11. The van der Waals surface area contributed by atoms with Gasteiger partial charge in [0, 0.05) is 19.3 Å². The highest BCUT2D eigenvalue weighted by Crippen LogP contribution is 2.26. The molecule has 0 aromatic heterocycles. The van der Waals surface area contributed by atoms with E-state index in [9.17, 15) is 34.5 Å². The number of carboxylic acids is 1. The van der Waals surface area contributed by atoms with Crippen molar-refractivity contribution in [3.63, 3.8) is 0 Å². The Labute approximate surface area is 456 Å². The summed E-state index contributed by atoms with van der Waals surface area (Å²) in [6.07, 6.45) is 50.4. The molecule has 0 saturated carbocycles. The lowest BCUT2D eigenvalue weighted by Crippen LogP contribution is -2.61. The van der Waals surface area contributed by atoms with E-state index in [1.165, 1.54) is 83.5 Å². The van der Waals surface area contributed by atoms with E-state index in [0.717, 1.165) is 122 Å². The molecule has 1 rings (SSSR count). The number of unbranched alkanes of at least 4 members (excludes halogenated alkanes) is 27. The molecule has 12 heteroatoms. The lowest BCUT2D eigenvalue weighted by molar-refractivity contribution is -0.301. The topological polar surface area (TPSA) is 175 Å². The fourth-order valence-corrected chi connectivity index (χ4v) is 8.90. The van der Waals surface area contributed by atoms with Crippen LogP contribution in [0.1, 0.15) is 265 Å². The van der Waals surface area contributed by atoms with Crippen molar-refractivity contribution < 1.29 is 58.2 Å². The van der Waals surface area contributed by atoms with Gasteiger partial charge in [0.25, 0.3) is 0 Å². The van der Waals surface area contributed by atoms with Crippen molar-refractivity contribution in [2.75, 3.05) is 13.2 Å². The third kappa shape index (κ3) is 41.2. The minimum Gasteiger partial charge on any atom is -0.479 e. The summed E-state index contributed by atoms with van der Waals surface area (Å²) in [4.78, 5) is 51.1. The number of rotatable bonds is 51. The largest absolute Gasteiger partial charge is 0.479 e. The molecule has 1 aliphatic heterocycles. The van der Waals surface area contributed by atoms with Crippen molar-refractivity contribution in [3.05, 3.63) is 60.8 Å². The van der Waals surface area contributed by atoms with Gasteiger partial charge in [0.2, 0.25) is 0 Å². The maximum Gasteiger partial charge on any atom is 0.335 e. The van der Waals surface area contributed by atoms with E-state index in [4.69, 9.17) is 23.7 Å². The predicted molar refractivity (Wildman–Crippen MR) is 303 cm³/mol. The van der Waals surface area contributed by atoms with Crippen LogP contribution < -0.4 is 0 Å². The maximum absolute atomic E-state index is 13.1. The second kappa shape index (κ2) is 51.2. The van der Waals surface area contributed by atoms with Crippen molar-refractivity contribution in [3.8, 4) is 0 Å². The lowest BCUT2D eigenvalue weighted by atomic mass is 9.98. The van der Waals surface area contributed by atoms with E-state index in [1.54, 1.807) is 0 Å². The summed E-state index contributed by atoms with van der Waals surface area (Å²) in [5.74, 6) is -3.15. The number of aliphatic hydroxyl groups excluding tert-OH is 2. The van der Waals surface area contributed by atoms with Gasteiger partial charge in [-0.3, -0.25) is 14.4 Å². The van der Waals surface area contributed by atoms with Gasteiger partial charge >= 0.3 is 23.9 Å². The fraction of sp³-hybridized carbons (Fsp3) is 0.778. The molecular formula is C63H108O12. The fourth-order valence-electron chi connectivity index (χ4n) is 8.90. The highest BCUT2D eigenvalue weighted by atomic mass is 16.7. The van der Waals surface area contributed by atoms with Gasteiger partial charge in [-0.25, -0.2) is 4.79 Å². The molecule has 6 atom stereocenters. The van der Waals surface area contributed by atoms with Crippen molar-refractivity contribution in [2.24, 2.45) is 0 Å². The molecule has 12 nitrogen and oxygen atoms in total.